The molecule has 32 heavy (non-hydrogen) atoms. The molecule has 0 heterocycles. The fraction of sp³-hybridized carbons (Fsp3) is 0.0833. The third kappa shape index (κ3) is 6.02. The molecule has 8 heteroatoms. The van der Waals surface area contributed by atoms with Gasteiger partial charge in [-0.15, -0.1) is 0 Å². The van der Waals surface area contributed by atoms with Crippen molar-refractivity contribution in [2.45, 2.75) is 6.61 Å². The summed E-state index contributed by atoms with van der Waals surface area (Å²) >= 11 is 5.64. The quantitative estimate of drug-likeness (QED) is 0.152. The number of benzene rings is 3. The maximum absolute atomic E-state index is 12.5. The SMILES string of the molecule is COc1cc(/C=C(\C#N)C(=O)Nc2ccc(O)cc2)cc(I)c1OCc1ccccc1Br. The van der Waals surface area contributed by atoms with Gasteiger partial charge in [0.05, 0.1) is 10.7 Å². The summed E-state index contributed by atoms with van der Waals surface area (Å²) in [5.74, 6) is 0.601. The smallest absolute Gasteiger partial charge is 0.266 e. The molecule has 3 aromatic rings. The van der Waals surface area contributed by atoms with Crippen LogP contribution in [0.5, 0.6) is 17.2 Å². The Bertz CT molecular complexity index is 1200. The third-order valence-corrected chi connectivity index (χ3v) is 5.96. The number of nitriles is 1. The predicted octanol–water partition coefficient (Wildman–Crippen LogP) is 5.89. The molecular formula is C24H18BrIN2O4. The van der Waals surface area contributed by atoms with Gasteiger partial charge in [-0.3, -0.25) is 4.79 Å². The van der Waals surface area contributed by atoms with Crippen LogP contribution in [-0.2, 0) is 11.4 Å². The van der Waals surface area contributed by atoms with Crippen molar-refractivity contribution in [3.8, 4) is 23.3 Å². The van der Waals surface area contributed by atoms with Crippen molar-refractivity contribution in [2.75, 3.05) is 12.4 Å². The number of rotatable bonds is 7. The van der Waals surface area contributed by atoms with E-state index in [0.29, 0.717) is 29.4 Å². The number of anilines is 1. The molecule has 0 aromatic heterocycles. The number of hydrogen-bond donors (Lipinski definition) is 2. The highest BCUT2D eigenvalue weighted by atomic mass is 127. The van der Waals surface area contributed by atoms with E-state index in [-0.39, 0.29) is 11.3 Å². The van der Waals surface area contributed by atoms with E-state index in [0.717, 1.165) is 13.6 Å². The molecule has 0 aliphatic heterocycles. The van der Waals surface area contributed by atoms with E-state index in [1.165, 1.54) is 25.3 Å². The highest BCUT2D eigenvalue weighted by Crippen LogP contribution is 2.35. The number of aromatic hydroxyl groups is 1. The van der Waals surface area contributed by atoms with Crippen LogP contribution in [0.3, 0.4) is 0 Å². The standard InChI is InChI=1S/C24H18BrIN2O4/c1-31-22-12-15(10-17(13-27)24(30)28-18-6-8-19(29)9-7-18)11-21(26)23(22)32-14-16-4-2-3-5-20(16)25/h2-12,29H,14H2,1H3,(H,28,30)/b17-10+. The first-order valence-electron chi connectivity index (χ1n) is 9.37. The summed E-state index contributed by atoms with van der Waals surface area (Å²) < 4.78 is 13.2. The number of methoxy groups -OCH3 is 1. The summed E-state index contributed by atoms with van der Waals surface area (Å²) in [6.45, 7) is 0.349. The van der Waals surface area contributed by atoms with E-state index >= 15 is 0 Å². The van der Waals surface area contributed by atoms with Gasteiger partial charge in [0, 0.05) is 15.7 Å². The Balaban J connectivity index is 1.82. The van der Waals surface area contributed by atoms with Crippen molar-refractivity contribution in [3.05, 3.63) is 85.4 Å². The van der Waals surface area contributed by atoms with Crippen LogP contribution >= 0.6 is 38.5 Å². The zero-order valence-electron chi connectivity index (χ0n) is 16.9. The number of nitrogens with zero attached hydrogens (tertiary/aromatic N) is 1. The maximum Gasteiger partial charge on any atom is 0.266 e. The van der Waals surface area contributed by atoms with Crippen LogP contribution in [0.1, 0.15) is 11.1 Å². The van der Waals surface area contributed by atoms with Crippen molar-refractivity contribution in [1.29, 1.82) is 5.26 Å². The Kier molecular flexibility index (Phi) is 8.14. The molecule has 3 aromatic carbocycles. The Hall–Kier alpha value is -3.03. The van der Waals surface area contributed by atoms with Gasteiger partial charge >= 0.3 is 0 Å². The van der Waals surface area contributed by atoms with Crippen molar-refractivity contribution >= 4 is 56.2 Å². The Morgan fingerprint density at radius 2 is 1.94 bits per heavy atom. The van der Waals surface area contributed by atoms with Crippen molar-refractivity contribution in [2.24, 2.45) is 0 Å². The second-order valence-corrected chi connectivity index (χ2v) is 8.60. The lowest BCUT2D eigenvalue weighted by atomic mass is 10.1. The molecule has 0 radical (unpaired) electrons. The summed E-state index contributed by atoms with van der Waals surface area (Å²) in [6.07, 6.45) is 1.48. The van der Waals surface area contributed by atoms with Gasteiger partial charge in [0.25, 0.3) is 5.91 Å². The maximum atomic E-state index is 12.5. The van der Waals surface area contributed by atoms with Gasteiger partial charge < -0.3 is 19.9 Å². The Morgan fingerprint density at radius 3 is 2.59 bits per heavy atom. The average Bonchev–Trinajstić information content (AvgIpc) is 2.78. The monoisotopic (exact) mass is 604 g/mol. The molecule has 162 valence electrons. The first kappa shape index (κ1) is 23.6. The summed E-state index contributed by atoms with van der Waals surface area (Å²) in [7, 11) is 1.53. The van der Waals surface area contributed by atoms with Gasteiger partial charge in [-0.25, -0.2) is 0 Å². The molecule has 6 nitrogen and oxygen atoms in total. The van der Waals surface area contributed by atoms with E-state index in [9.17, 15) is 15.2 Å². The van der Waals surface area contributed by atoms with Crippen molar-refractivity contribution in [1.82, 2.24) is 0 Å². The zero-order valence-corrected chi connectivity index (χ0v) is 20.7. The highest BCUT2D eigenvalue weighted by molar-refractivity contribution is 14.1. The van der Waals surface area contributed by atoms with Gasteiger partial charge in [0.2, 0.25) is 0 Å². The fourth-order valence-corrected chi connectivity index (χ4v) is 3.97. The van der Waals surface area contributed by atoms with E-state index in [1.54, 1.807) is 18.2 Å². The molecule has 0 saturated carbocycles. The molecular weight excluding hydrogens is 587 g/mol. The van der Waals surface area contributed by atoms with Gasteiger partial charge in [-0.2, -0.15) is 5.26 Å². The van der Waals surface area contributed by atoms with Crippen molar-refractivity contribution in [3.63, 3.8) is 0 Å². The summed E-state index contributed by atoms with van der Waals surface area (Å²) in [5.41, 5.74) is 2.01. The summed E-state index contributed by atoms with van der Waals surface area (Å²) in [6, 6.07) is 19.2. The molecule has 2 N–H and O–H groups in total. The van der Waals surface area contributed by atoms with Crippen LogP contribution in [0.15, 0.2) is 70.7 Å². The van der Waals surface area contributed by atoms with Gasteiger partial charge in [-0.1, -0.05) is 34.1 Å². The van der Waals surface area contributed by atoms with Crippen LogP contribution in [-0.4, -0.2) is 18.1 Å². The van der Waals surface area contributed by atoms with Crippen LogP contribution in [0, 0.1) is 14.9 Å². The molecule has 3 rings (SSSR count). The molecule has 0 unspecified atom stereocenters. The molecule has 0 aliphatic carbocycles. The van der Waals surface area contributed by atoms with E-state index in [2.05, 4.69) is 43.8 Å². The van der Waals surface area contributed by atoms with E-state index < -0.39 is 5.91 Å². The predicted molar refractivity (Wildman–Crippen MR) is 135 cm³/mol. The number of ether oxygens (including phenoxy) is 2. The number of halogens is 2. The summed E-state index contributed by atoms with van der Waals surface area (Å²) in [4.78, 5) is 12.5. The normalized spacial score (nSPS) is 10.9. The number of phenolic OH excluding ortho intramolecular Hbond substituents is 1. The largest absolute Gasteiger partial charge is 0.508 e. The van der Waals surface area contributed by atoms with Gasteiger partial charge in [0.15, 0.2) is 11.5 Å². The van der Waals surface area contributed by atoms with Gasteiger partial charge in [0.1, 0.15) is 24.0 Å². The average molecular weight is 605 g/mol. The highest BCUT2D eigenvalue weighted by Gasteiger charge is 2.15. The zero-order chi connectivity index (χ0) is 23.1. The minimum atomic E-state index is -0.554. The molecule has 1 amide bonds. The summed E-state index contributed by atoms with van der Waals surface area (Å²) in [5, 5.41) is 21.5. The lowest BCUT2D eigenvalue weighted by Gasteiger charge is -2.14. The minimum Gasteiger partial charge on any atom is -0.508 e. The van der Waals surface area contributed by atoms with Crippen LogP contribution in [0.25, 0.3) is 6.08 Å². The second kappa shape index (κ2) is 11.0. The van der Waals surface area contributed by atoms with E-state index in [1.807, 2.05) is 36.4 Å². The molecule has 0 fully saturated rings. The first-order valence-corrected chi connectivity index (χ1v) is 11.2. The molecule has 0 atom stereocenters. The van der Waals surface area contributed by atoms with Crippen LogP contribution in [0.4, 0.5) is 5.69 Å². The number of phenols is 1. The Morgan fingerprint density at radius 1 is 1.22 bits per heavy atom. The number of hydrogen-bond acceptors (Lipinski definition) is 5. The number of amides is 1. The van der Waals surface area contributed by atoms with Gasteiger partial charge in [-0.05, 0) is 76.7 Å². The van der Waals surface area contributed by atoms with Crippen molar-refractivity contribution < 1.29 is 19.4 Å². The topological polar surface area (TPSA) is 91.6 Å². The fourth-order valence-electron chi connectivity index (χ4n) is 2.79. The molecule has 0 bridgehead atoms. The second-order valence-electron chi connectivity index (χ2n) is 6.59. The lowest BCUT2D eigenvalue weighted by Crippen LogP contribution is -2.13. The molecule has 0 spiro atoms. The third-order valence-electron chi connectivity index (χ3n) is 4.38. The molecule has 0 aliphatic rings. The minimum absolute atomic E-state index is 0.0715. The lowest BCUT2D eigenvalue weighted by molar-refractivity contribution is -0.112. The number of carbonyl (C=O) groups is 1. The number of nitrogens with one attached hydrogen (secondary N) is 1. The van der Waals surface area contributed by atoms with E-state index in [4.69, 9.17) is 9.47 Å². The molecule has 0 saturated heterocycles. The first-order chi connectivity index (χ1) is 15.4. The Labute approximate surface area is 207 Å². The van der Waals surface area contributed by atoms with Crippen LogP contribution in [0.2, 0.25) is 0 Å². The van der Waals surface area contributed by atoms with Crippen LogP contribution < -0.4 is 14.8 Å². The number of carbonyl (C=O) groups excluding carboxylic acids is 1.